The van der Waals surface area contributed by atoms with E-state index in [1.54, 1.807) is 0 Å². The van der Waals surface area contributed by atoms with Crippen LogP contribution in [-0.4, -0.2) is 15.9 Å². The van der Waals surface area contributed by atoms with Gasteiger partial charge >= 0.3 is 0 Å². The van der Waals surface area contributed by atoms with Crippen molar-refractivity contribution in [2.45, 2.75) is 0 Å². The highest BCUT2D eigenvalue weighted by atomic mass is 32.1. The average molecular weight is 311 g/mol. The lowest BCUT2D eigenvalue weighted by atomic mass is 10.2. The Labute approximate surface area is 122 Å². The first-order chi connectivity index (χ1) is 9.90. The molecule has 0 aliphatic carbocycles. The number of hydrogen-bond acceptors (Lipinski definition) is 3. The second kappa shape index (κ2) is 5.88. The summed E-state index contributed by atoms with van der Waals surface area (Å²) in [5, 5.41) is 2.10. The van der Waals surface area contributed by atoms with Gasteiger partial charge in [0.15, 0.2) is 17.5 Å². The van der Waals surface area contributed by atoms with Gasteiger partial charge in [-0.25, -0.2) is 13.2 Å². The van der Waals surface area contributed by atoms with Gasteiger partial charge in [-0.1, -0.05) is 12.2 Å². The van der Waals surface area contributed by atoms with Crippen LogP contribution in [0.2, 0.25) is 0 Å². The van der Waals surface area contributed by atoms with E-state index in [9.17, 15) is 18.0 Å². The molecule has 2 aromatic rings. The highest BCUT2D eigenvalue weighted by Gasteiger charge is 2.16. The fourth-order valence-corrected chi connectivity index (χ4v) is 1.60. The van der Waals surface area contributed by atoms with Crippen molar-refractivity contribution in [2.24, 2.45) is 5.73 Å². The lowest BCUT2D eigenvalue weighted by Crippen LogP contribution is -2.16. The summed E-state index contributed by atoms with van der Waals surface area (Å²) < 4.78 is 39.2. The molecular weight excluding hydrogens is 303 g/mol. The van der Waals surface area contributed by atoms with E-state index in [0.29, 0.717) is 11.6 Å². The number of nitrogens with one attached hydrogen (secondary N) is 1. The molecule has 21 heavy (non-hydrogen) atoms. The molecule has 0 aliphatic heterocycles. The number of hydrogen-bond donors (Lipinski definition) is 2. The SMILES string of the molecule is NC(=S)c1ccc(C(=O)Nc2ccc(F)c(F)c2F)nc1. The number of anilines is 1. The molecule has 1 aromatic heterocycles. The Kier molecular flexibility index (Phi) is 4.18. The van der Waals surface area contributed by atoms with Crippen LogP contribution in [0.3, 0.4) is 0 Å². The number of pyridine rings is 1. The average Bonchev–Trinajstić information content (AvgIpc) is 2.48. The second-order valence-corrected chi connectivity index (χ2v) is 4.41. The summed E-state index contributed by atoms with van der Waals surface area (Å²) >= 11 is 4.73. The Balaban J connectivity index is 2.22. The predicted octanol–water partition coefficient (Wildman–Crippen LogP) is 2.39. The van der Waals surface area contributed by atoms with Crippen LogP contribution in [0.1, 0.15) is 16.1 Å². The van der Waals surface area contributed by atoms with Crippen molar-refractivity contribution in [3.8, 4) is 0 Å². The number of rotatable bonds is 3. The van der Waals surface area contributed by atoms with Gasteiger partial charge in [0.1, 0.15) is 10.7 Å². The zero-order chi connectivity index (χ0) is 15.6. The summed E-state index contributed by atoms with van der Waals surface area (Å²) in [4.78, 5) is 15.7. The van der Waals surface area contributed by atoms with Crippen molar-refractivity contribution in [1.82, 2.24) is 4.98 Å². The summed E-state index contributed by atoms with van der Waals surface area (Å²) in [6, 6.07) is 4.40. The Bertz CT molecular complexity index is 719. The van der Waals surface area contributed by atoms with Crippen LogP contribution >= 0.6 is 12.2 Å². The standard InChI is InChI=1S/C13H8F3N3OS/c14-7-2-4-8(11(16)10(7)15)19-13(20)9-3-1-6(5-18-9)12(17)21/h1-5H,(H2,17,21)(H,19,20). The van der Waals surface area contributed by atoms with Crippen molar-refractivity contribution in [2.75, 3.05) is 5.32 Å². The number of carbonyl (C=O) groups excluding carboxylic acids is 1. The topological polar surface area (TPSA) is 68.0 Å². The van der Waals surface area contributed by atoms with Crippen molar-refractivity contribution >= 4 is 28.8 Å². The van der Waals surface area contributed by atoms with E-state index in [0.717, 1.165) is 6.07 Å². The number of aromatic nitrogens is 1. The van der Waals surface area contributed by atoms with Gasteiger partial charge in [-0.05, 0) is 24.3 Å². The third-order valence-corrected chi connectivity index (χ3v) is 2.80. The van der Waals surface area contributed by atoms with Crippen LogP contribution in [0.25, 0.3) is 0 Å². The maximum Gasteiger partial charge on any atom is 0.274 e. The molecule has 4 nitrogen and oxygen atoms in total. The molecule has 3 N–H and O–H groups in total. The van der Waals surface area contributed by atoms with E-state index in [1.807, 2.05) is 0 Å². The molecule has 0 radical (unpaired) electrons. The first-order valence-electron chi connectivity index (χ1n) is 5.61. The van der Waals surface area contributed by atoms with Gasteiger partial charge in [0, 0.05) is 11.8 Å². The van der Waals surface area contributed by atoms with Gasteiger partial charge in [-0.2, -0.15) is 0 Å². The van der Waals surface area contributed by atoms with Crippen molar-refractivity contribution in [3.63, 3.8) is 0 Å². The van der Waals surface area contributed by atoms with Crippen LogP contribution in [0.4, 0.5) is 18.9 Å². The first kappa shape index (κ1) is 14.9. The van der Waals surface area contributed by atoms with Gasteiger partial charge < -0.3 is 11.1 Å². The summed E-state index contributed by atoms with van der Waals surface area (Å²) in [6.45, 7) is 0. The summed E-state index contributed by atoms with van der Waals surface area (Å²) in [5.74, 6) is -5.27. The summed E-state index contributed by atoms with van der Waals surface area (Å²) in [6.07, 6.45) is 1.28. The third-order valence-electron chi connectivity index (χ3n) is 2.56. The maximum atomic E-state index is 13.4. The molecule has 1 amide bonds. The molecule has 0 fully saturated rings. The third kappa shape index (κ3) is 3.16. The van der Waals surface area contributed by atoms with Crippen LogP contribution in [-0.2, 0) is 0 Å². The molecular formula is C13H8F3N3OS. The fraction of sp³-hybridized carbons (Fsp3) is 0. The monoisotopic (exact) mass is 311 g/mol. The highest BCUT2D eigenvalue weighted by Crippen LogP contribution is 2.20. The molecule has 0 saturated carbocycles. The number of amides is 1. The van der Waals surface area contributed by atoms with Crippen LogP contribution in [0, 0.1) is 17.5 Å². The van der Waals surface area contributed by atoms with Gasteiger partial charge in [0.25, 0.3) is 5.91 Å². The number of nitrogens with two attached hydrogens (primary N) is 1. The second-order valence-electron chi connectivity index (χ2n) is 3.97. The predicted molar refractivity (Wildman–Crippen MR) is 74.4 cm³/mol. The number of carbonyl (C=O) groups is 1. The first-order valence-corrected chi connectivity index (χ1v) is 6.01. The van der Waals surface area contributed by atoms with Gasteiger partial charge in [0.05, 0.1) is 5.69 Å². The zero-order valence-electron chi connectivity index (χ0n) is 10.4. The Hall–Kier alpha value is -2.48. The van der Waals surface area contributed by atoms with Crippen molar-refractivity contribution in [1.29, 1.82) is 0 Å². The molecule has 1 heterocycles. The Morgan fingerprint density at radius 1 is 1.14 bits per heavy atom. The summed E-state index contributed by atoms with van der Waals surface area (Å²) in [7, 11) is 0. The maximum absolute atomic E-state index is 13.4. The molecule has 0 spiro atoms. The van der Waals surface area contributed by atoms with E-state index in [4.69, 9.17) is 18.0 Å². The molecule has 0 bridgehead atoms. The van der Waals surface area contributed by atoms with Crippen molar-refractivity contribution in [3.05, 3.63) is 59.2 Å². The Morgan fingerprint density at radius 3 is 2.43 bits per heavy atom. The molecule has 0 saturated heterocycles. The normalized spacial score (nSPS) is 10.2. The van der Waals surface area contributed by atoms with Gasteiger partial charge in [-0.15, -0.1) is 0 Å². The molecule has 108 valence electrons. The van der Waals surface area contributed by atoms with Crippen LogP contribution < -0.4 is 11.1 Å². The number of benzene rings is 1. The van der Waals surface area contributed by atoms with Gasteiger partial charge in [-0.3, -0.25) is 9.78 Å². The van der Waals surface area contributed by atoms with Gasteiger partial charge in [0.2, 0.25) is 0 Å². The minimum absolute atomic E-state index is 0.0564. The van der Waals surface area contributed by atoms with Crippen LogP contribution in [0.15, 0.2) is 30.5 Å². The Morgan fingerprint density at radius 2 is 1.86 bits per heavy atom. The molecule has 0 unspecified atom stereocenters. The van der Waals surface area contributed by atoms with E-state index in [2.05, 4.69) is 10.3 Å². The fourth-order valence-electron chi connectivity index (χ4n) is 1.48. The zero-order valence-corrected chi connectivity index (χ0v) is 11.2. The smallest absolute Gasteiger partial charge is 0.274 e. The quantitative estimate of drug-likeness (QED) is 0.674. The minimum Gasteiger partial charge on any atom is -0.389 e. The van der Waals surface area contributed by atoms with E-state index in [-0.39, 0.29) is 10.7 Å². The molecule has 0 atom stereocenters. The minimum atomic E-state index is -1.66. The number of halogens is 3. The number of nitrogens with zero attached hydrogens (tertiary/aromatic N) is 1. The largest absolute Gasteiger partial charge is 0.389 e. The molecule has 2 rings (SSSR count). The van der Waals surface area contributed by atoms with Crippen LogP contribution in [0.5, 0.6) is 0 Å². The molecule has 1 aromatic carbocycles. The molecule has 0 aliphatic rings. The number of thiocarbonyl (C=S) groups is 1. The lowest BCUT2D eigenvalue weighted by Gasteiger charge is -2.07. The lowest BCUT2D eigenvalue weighted by molar-refractivity contribution is 0.102. The van der Waals surface area contributed by atoms with E-state index >= 15 is 0 Å². The highest BCUT2D eigenvalue weighted by molar-refractivity contribution is 7.80. The summed E-state index contributed by atoms with van der Waals surface area (Å²) in [5.41, 5.74) is 5.29. The molecule has 8 heteroatoms. The van der Waals surface area contributed by atoms with Crippen molar-refractivity contribution < 1.29 is 18.0 Å². The van der Waals surface area contributed by atoms with E-state index < -0.39 is 29.0 Å². The van der Waals surface area contributed by atoms with E-state index in [1.165, 1.54) is 18.3 Å².